The number of oxazole rings is 1. The van der Waals surface area contributed by atoms with E-state index in [1.807, 2.05) is 6.07 Å². The van der Waals surface area contributed by atoms with E-state index in [-0.39, 0.29) is 24.9 Å². The van der Waals surface area contributed by atoms with E-state index >= 15 is 0 Å². The molecule has 1 aliphatic heterocycles. The summed E-state index contributed by atoms with van der Waals surface area (Å²) < 4.78 is 23.9. The Bertz CT molecular complexity index is 1370. The number of amides is 1. The van der Waals surface area contributed by atoms with Gasteiger partial charge in [-0.2, -0.15) is 0 Å². The lowest BCUT2D eigenvalue weighted by Gasteiger charge is -2.29. The van der Waals surface area contributed by atoms with Crippen LogP contribution in [-0.4, -0.2) is 74.0 Å². The van der Waals surface area contributed by atoms with Crippen molar-refractivity contribution in [3.8, 4) is 11.5 Å². The zero-order valence-corrected chi connectivity index (χ0v) is 21.6. The first-order valence-electron chi connectivity index (χ1n) is 11.3. The summed E-state index contributed by atoms with van der Waals surface area (Å²) in [5.41, 5.74) is 1.65. The fourth-order valence-electron chi connectivity index (χ4n) is 4.17. The molecule has 0 spiro atoms. The normalized spacial score (nSPS) is 14.1. The number of fused-ring (bicyclic) bond motifs is 2. The Morgan fingerprint density at radius 3 is 2.58 bits per heavy atom. The molecule has 5 rings (SSSR count). The maximum absolute atomic E-state index is 13.7. The number of methoxy groups -OCH3 is 2. The largest absolute Gasteiger partial charge is 0.495 e. The third kappa shape index (κ3) is 5.05. The number of ether oxygens (including phenoxy) is 3. The van der Waals surface area contributed by atoms with Gasteiger partial charge in [0.1, 0.15) is 28.3 Å². The van der Waals surface area contributed by atoms with E-state index in [0.29, 0.717) is 59.6 Å². The number of carbonyl (C=O) groups is 1. The Morgan fingerprint density at radius 1 is 1.11 bits per heavy atom. The van der Waals surface area contributed by atoms with E-state index in [9.17, 15) is 9.59 Å². The summed E-state index contributed by atoms with van der Waals surface area (Å²) in [7, 11) is 3.18. The maximum atomic E-state index is 13.7. The molecule has 10 nitrogen and oxygen atoms in total. The van der Waals surface area contributed by atoms with E-state index in [4.69, 9.17) is 23.6 Å². The molecule has 2 aromatic heterocycles. The van der Waals surface area contributed by atoms with Gasteiger partial charge in [-0.1, -0.05) is 23.5 Å². The van der Waals surface area contributed by atoms with Crippen molar-refractivity contribution >= 4 is 56.1 Å². The van der Waals surface area contributed by atoms with Crippen LogP contribution in [0.25, 0.3) is 21.3 Å². The van der Waals surface area contributed by atoms with Crippen LogP contribution < -0.4 is 20.1 Å². The first kappa shape index (κ1) is 26.0. The predicted molar refractivity (Wildman–Crippen MR) is 140 cm³/mol. The monoisotopic (exact) mass is 534 g/mol. The third-order valence-electron chi connectivity index (χ3n) is 6.04. The Kier molecular flexibility index (Phi) is 8.14. The van der Waals surface area contributed by atoms with E-state index in [2.05, 4.69) is 4.90 Å². The summed E-state index contributed by atoms with van der Waals surface area (Å²) in [5, 5.41) is 0.516. The van der Waals surface area contributed by atoms with Crippen LogP contribution in [0.1, 0.15) is 0 Å². The molecule has 0 unspecified atom stereocenters. The van der Waals surface area contributed by atoms with Crippen molar-refractivity contribution in [2.24, 2.45) is 0 Å². The number of rotatable bonds is 8. The van der Waals surface area contributed by atoms with Gasteiger partial charge in [0.15, 0.2) is 10.7 Å². The highest BCUT2D eigenvalue weighted by atomic mass is 35.5. The van der Waals surface area contributed by atoms with Gasteiger partial charge in [-0.25, -0.2) is 9.78 Å². The number of morpholine rings is 1. The van der Waals surface area contributed by atoms with Crippen molar-refractivity contribution < 1.29 is 23.4 Å². The van der Waals surface area contributed by atoms with Crippen molar-refractivity contribution in [2.75, 3.05) is 58.5 Å². The summed E-state index contributed by atoms with van der Waals surface area (Å²) in [5.74, 6) is 0.423. The van der Waals surface area contributed by atoms with Crippen LogP contribution in [0.15, 0.2) is 45.6 Å². The summed E-state index contributed by atoms with van der Waals surface area (Å²) in [6, 6.07) is 10.7. The van der Waals surface area contributed by atoms with Crippen molar-refractivity contribution in [2.45, 2.75) is 6.54 Å². The molecule has 36 heavy (non-hydrogen) atoms. The fraction of sp³-hybridized carbons (Fsp3) is 0.375. The number of benzene rings is 2. The molecular weight excluding hydrogens is 508 g/mol. The minimum atomic E-state index is -0.569. The molecule has 0 atom stereocenters. The molecular formula is C24H27ClN4O6S. The number of para-hydroxylation sites is 2. The quantitative estimate of drug-likeness (QED) is 0.340. The van der Waals surface area contributed by atoms with Gasteiger partial charge >= 0.3 is 5.76 Å². The highest BCUT2D eigenvalue weighted by molar-refractivity contribution is 7.22. The van der Waals surface area contributed by atoms with Gasteiger partial charge < -0.3 is 18.6 Å². The molecule has 0 bridgehead atoms. The van der Waals surface area contributed by atoms with E-state index in [0.717, 1.165) is 17.8 Å². The SMILES string of the molecule is COc1ccc(OC)c2sc(N(CCN3CCOCC3)C(=O)Cn3c(=O)oc4ccccc43)nc12.Cl. The molecule has 12 heteroatoms. The predicted octanol–water partition coefficient (Wildman–Crippen LogP) is 3.01. The van der Waals surface area contributed by atoms with Crippen LogP contribution in [0.4, 0.5) is 5.13 Å². The topological polar surface area (TPSA) is 99.3 Å². The van der Waals surface area contributed by atoms with Crippen LogP contribution in [0.3, 0.4) is 0 Å². The molecule has 0 saturated carbocycles. The van der Waals surface area contributed by atoms with E-state index in [1.165, 1.54) is 15.9 Å². The molecule has 1 aliphatic rings. The van der Waals surface area contributed by atoms with Gasteiger partial charge in [-0.05, 0) is 24.3 Å². The van der Waals surface area contributed by atoms with Gasteiger partial charge in [0.25, 0.3) is 0 Å². The molecule has 0 N–H and O–H groups in total. The Labute approximate surface area is 217 Å². The van der Waals surface area contributed by atoms with Gasteiger partial charge in [0.05, 0.1) is 33.0 Å². The van der Waals surface area contributed by atoms with Crippen molar-refractivity contribution in [3.63, 3.8) is 0 Å². The molecule has 0 radical (unpaired) electrons. The molecule has 192 valence electrons. The number of hydrogen-bond acceptors (Lipinski definition) is 9. The molecule has 1 fully saturated rings. The number of anilines is 1. The van der Waals surface area contributed by atoms with Crippen molar-refractivity contribution in [3.05, 3.63) is 46.9 Å². The van der Waals surface area contributed by atoms with Crippen LogP contribution in [0.5, 0.6) is 11.5 Å². The Hall–Kier alpha value is -3.12. The second kappa shape index (κ2) is 11.3. The fourth-order valence-corrected chi connectivity index (χ4v) is 5.28. The smallest absolute Gasteiger partial charge is 0.420 e. The van der Waals surface area contributed by atoms with E-state index in [1.54, 1.807) is 49.5 Å². The number of hydrogen-bond donors (Lipinski definition) is 0. The van der Waals surface area contributed by atoms with Gasteiger partial charge in [-0.3, -0.25) is 19.2 Å². The van der Waals surface area contributed by atoms with Crippen LogP contribution in [-0.2, 0) is 16.1 Å². The Balaban J connectivity index is 0.00000304. The van der Waals surface area contributed by atoms with Crippen LogP contribution in [0.2, 0.25) is 0 Å². The minimum absolute atomic E-state index is 0. The number of aromatic nitrogens is 2. The molecule has 0 aliphatic carbocycles. The standard InChI is InChI=1S/C24H26N4O6S.ClH/c1-31-18-7-8-19(32-2)22-21(18)25-23(35-22)27(10-9-26-11-13-33-14-12-26)20(29)15-28-16-5-3-4-6-17(16)34-24(28)30;/h3-8H,9-15H2,1-2H3;1H. The van der Waals surface area contributed by atoms with Gasteiger partial charge in [0.2, 0.25) is 5.91 Å². The number of halogens is 1. The van der Waals surface area contributed by atoms with Crippen LogP contribution in [0, 0.1) is 0 Å². The minimum Gasteiger partial charge on any atom is -0.495 e. The summed E-state index contributed by atoms with van der Waals surface area (Å²) >= 11 is 1.36. The highest BCUT2D eigenvalue weighted by Gasteiger charge is 2.25. The molecule has 2 aromatic carbocycles. The molecule has 3 heterocycles. The third-order valence-corrected chi connectivity index (χ3v) is 7.13. The highest BCUT2D eigenvalue weighted by Crippen LogP contribution is 2.40. The van der Waals surface area contributed by atoms with Crippen molar-refractivity contribution in [1.82, 2.24) is 14.5 Å². The molecule has 4 aromatic rings. The zero-order valence-electron chi connectivity index (χ0n) is 20.0. The average Bonchev–Trinajstić information content (AvgIpc) is 3.46. The Morgan fingerprint density at radius 2 is 1.83 bits per heavy atom. The van der Waals surface area contributed by atoms with Gasteiger partial charge in [0, 0.05) is 26.2 Å². The number of nitrogens with zero attached hydrogens (tertiary/aromatic N) is 4. The first-order chi connectivity index (χ1) is 17.1. The lowest BCUT2D eigenvalue weighted by Crippen LogP contribution is -2.44. The number of carbonyl (C=O) groups excluding carboxylic acids is 1. The molecule has 1 amide bonds. The summed E-state index contributed by atoms with van der Waals surface area (Å²) in [6.07, 6.45) is 0. The lowest BCUT2D eigenvalue weighted by atomic mass is 10.3. The summed E-state index contributed by atoms with van der Waals surface area (Å²) in [6.45, 7) is 3.84. The van der Waals surface area contributed by atoms with E-state index < -0.39 is 5.76 Å². The van der Waals surface area contributed by atoms with Crippen molar-refractivity contribution in [1.29, 1.82) is 0 Å². The number of thiazole rings is 1. The van der Waals surface area contributed by atoms with Gasteiger partial charge in [-0.15, -0.1) is 12.4 Å². The lowest BCUT2D eigenvalue weighted by molar-refractivity contribution is -0.119. The van der Waals surface area contributed by atoms with Crippen LogP contribution >= 0.6 is 23.7 Å². The second-order valence-corrected chi connectivity index (χ2v) is 9.04. The molecule has 1 saturated heterocycles. The zero-order chi connectivity index (χ0) is 24.4. The average molecular weight is 535 g/mol. The summed E-state index contributed by atoms with van der Waals surface area (Å²) in [4.78, 5) is 34.8. The second-order valence-electron chi connectivity index (χ2n) is 8.07. The maximum Gasteiger partial charge on any atom is 0.420 e. The first-order valence-corrected chi connectivity index (χ1v) is 12.1.